The highest BCUT2D eigenvalue weighted by molar-refractivity contribution is 8.01. The van der Waals surface area contributed by atoms with Gasteiger partial charge in [-0.25, -0.2) is 0 Å². The minimum atomic E-state index is 1.33. The van der Waals surface area contributed by atoms with Gasteiger partial charge in [0.15, 0.2) is 0 Å². The molecule has 1 heteroatoms. The summed E-state index contributed by atoms with van der Waals surface area (Å²) >= 11 is 1.96. The van der Waals surface area contributed by atoms with Crippen molar-refractivity contribution in [1.29, 1.82) is 0 Å². The molecule has 0 unspecified atom stereocenters. The summed E-state index contributed by atoms with van der Waals surface area (Å²) in [5.41, 5.74) is 0. The van der Waals surface area contributed by atoms with Crippen molar-refractivity contribution in [3.05, 3.63) is 5.75 Å². The van der Waals surface area contributed by atoms with Gasteiger partial charge >= 0.3 is 0 Å². The molecule has 0 aromatic heterocycles. The maximum Gasteiger partial charge on any atom is 0.0135 e. The fourth-order valence-corrected chi connectivity index (χ4v) is 2.57. The molecular weight excluding hydrogens is 212 g/mol. The molecule has 0 atom stereocenters. The number of unbranched alkanes of at least 4 members (excludes halogenated alkanes) is 10. The molecule has 97 valence electrons. The van der Waals surface area contributed by atoms with Crippen LogP contribution in [0.1, 0.15) is 84.5 Å². The molecule has 0 aliphatic rings. The second-order valence-corrected chi connectivity index (χ2v) is 5.86. The quantitative estimate of drug-likeness (QED) is 0.346. The molecule has 0 heterocycles. The van der Waals surface area contributed by atoms with E-state index in [1.807, 2.05) is 11.8 Å². The summed E-state index contributed by atoms with van der Waals surface area (Å²) in [5.74, 6) is 3.53. The fourth-order valence-electron chi connectivity index (χ4n) is 1.97. The van der Waals surface area contributed by atoms with Gasteiger partial charge in [-0.05, 0) is 12.2 Å². The Labute approximate surface area is 108 Å². The average molecular weight is 243 g/mol. The van der Waals surface area contributed by atoms with E-state index in [1.165, 1.54) is 76.4 Å². The SMILES string of the molecule is C[CH]SCCCCCCCCCCCCC. The van der Waals surface area contributed by atoms with Crippen LogP contribution in [-0.4, -0.2) is 5.75 Å². The minimum absolute atomic E-state index is 1.33. The van der Waals surface area contributed by atoms with E-state index >= 15 is 0 Å². The van der Waals surface area contributed by atoms with Crippen molar-refractivity contribution in [1.82, 2.24) is 0 Å². The molecule has 1 radical (unpaired) electrons. The van der Waals surface area contributed by atoms with E-state index in [2.05, 4.69) is 19.6 Å². The Morgan fingerprint density at radius 3 is 1.56 bits per heavy atom. The minimum Gasteiger partial charge on any atom is -0.158 e. The second-order valence-electron chi connectivity index (χ2n) is 4.64. The lowest BCUT2D eigenvalue weighted by molar-refractivity contribution is 0.555. The molecule has 0 N–H and O–H groups in total. The standard InChI is InChI=1S/C15H31S/c1-3-5-6-7-8-9-10-11-12-13-14-15-16-4-2/h4H,3,5-15H2,1-2H3. The van der Waals surface area contributed by atoms with Gasteiger partial charge in [-0.2, -0.15) is 11.8 Å². The van der Waals surface area contributed by atoms with Crippen LogP contribution in [0.3, 0.4) is 0 Å². The number of rotatable bonds is 13. The van der Waals surface area contributed by atoms with Crippen LogP contribution in [-0.2, 0) is 0 Å². The van der Waals surface area contributed by atoms with Crippen LogP contribution in [0.5, 0.6) is 0 Å². The predicted molar refractivity (Wildman–Crippen MR) is 78.9 cm³/mol. The summed E-state index contributed by atoms with van der Waals surface area (Å²) in [6.45, 7) is 4.41. The molecule has 0 aromatic rings. The Balaban J connectivity index is 2.83. The summed E-state index contributed by atoms with van der Waals surface area (Å²) in [4.78, 5) is 0. The van der Waals surface area contributed by atoms with E-state index in [0.717, 1.165) is 0 Å². The van der Waals surface area contributed by atoms with Gasteiger partial charge in [0.1, 0.15) is 0 Å². The molecule has 0 aliphatic heterocycles. The van der Waals surface area contributed by atoms with E-state index < -0.39 is 0 Å². The van der Waals surface area contributed by atoms with Gasteiger partial charge in [0, 0.05) is 5.75 Å². The zero-order valence-corrected chi connectivity index (χ0v) is 12.3. The molecular formula is C15H31S. The molecule has 0 spiro atoms. The van der Waals surface area contributed by atoms with E-state index in [0.29, 0.717) is 0 Å². The highest BCUT2D eigenvalue weighted by atomic mass is 32.2. The van der Waals surface area contributed by atoms with Crippen molar-refractivity contribution in [2.75, 3.05) is 5.75 Å². The van der Waals surface area contributed by atoms with Crippen LogP contribution in [0.2, 0.25) is 0 Å². The lowest BCUT2D eigenvalue weighted by atomic mass is 10.1. The van der Waals surface area contributed by atoms with Gasteiger partial charge in [-0.15, -0.1) is 0 Å². The second kappa shape index (κ2) is 15.4. The first-order valence-electron chi connectivity index (χ1n) is 7.31. The molecule has 16 heavy (non-hydrogen) atoms. The van der Waals surface area contributed by atoms with Crippen molar-refractivity contribution < 1.29 is 0 Å². The summed E-state index contributed by atoms with van der Waals surface area (Å²) in [5, 5.41) is 0. The zero-order valence-electron chi connectivity index (χ0n) is 11.5. The zero-order chi connectivity index (χ0) is 11.9. The van der Waals surface area contributed by atoms with Crippen LogP contribution in [0, 0.1) is 5.75 Å². The smallest absolute Gasteiger partial charge is 0.0135 e. The first kappa shape index (κ1) is 16.4. The summed E-state index contributed by atoms with van der Waals surface area (Å²) < 4.78 is 0. The topological polar surface area (TPSA) is 0 Å². The molecule has 0 bridgehead atoms. The fraction of sp³-hybridized carbons (Fsp3) is 0.933. The van der Waals surface area contributed by atoms with Crippen LogP contribution in [0.4, 0.5) is 0 Å². The summed E-state index contributed by atoms with van der Waals surface area (Å²) in [7, 11) is 0. The van der Waals surface area contributed by atoms with Gasteiger partial charge in [0.25, 0.3) is 0 Å². The number of hydrogen-bond donors (Lipinski definition) is 0. The number of thioether (sulfide) groups is 1. The highest BCUT2D eigenvalue weighted by Crippen LogP contribution is 2.13. The van der Waals surface area contributed by atoms with Crippen molar-refractivity contribution in [3.8, 4) is 0 Å². The van der Waals surface area contributed by atoms with Crippen LogP contribution < -0.4 is 0 Å². The summed E-state index contributed by atoms with van der Waals surface area (Å²) in [6, 6.07) is 0. The Morgan fingerprint density at radius 1 is 0.688 bits per heavy atom. The van der Waals surface area contributed by atoms with Gasteiger partial charge in [0.2, 0.25) is 0 Å². The molecule has 0 aliphatic carbocycles. The first-order valence-corrected chi connectivity index (χ1v) is 8.36. The third-order valence-corrected chi connectivity index (χ3v) is 3.89. The van der Waals surface area contributed by atoms with Gasteiger partial charge < -0.3 is 0 Å². The predicted octanol–water partition coefficient (Wildman–Crippen LogP) is 6.21. The third-order valence-electron chi connectivity index (χ3n) is 3.03. The van der Waals surface area contributed by atoms with Crippen molar-refractivity contribution in [2.45, 2.75) is 84.5 Å². The third kappa shape index (κ3) is 14.4. The van der Waals surface area contributed by atoms with E-state index in [1.54, 1.807) is 0 Å². The Morgan fingerprint density at radius 2 is 1.12 bits per heavy atom. The monoisotopic (exact) mass is 243 g/mol. The van der Waals surface area contributed by atoms with E-state index in [-0.39, 0.29) is 0 Å². The normalized spacial score (nSPS) is 10.9. The van der Waals surface area contributed by atoms with Crippen molar-refractivity contribution >= 4 is 11.8 Å². The largest absolute Gasteiger partial charge is 0.158 e. The Kier molecular flexibility index (Phi) is 15.7. The lowest BCUT2D eigenvalue weighted by Crippen LogP contribution is -1.83. The van der Waals surface area contributed by atoms with Gasteiger partial charge in [-0.3, -0.25) is 0 Å². The maximum atomic E-state index is 2.29. The molecule has 0 fully saturated rings. The van der Waals surface area contributed by atoms with Crippen molar-refractivity contribution in [2.24, 2.45) is 0 Å². The average Bonchev–Trinajstić information content (AvgIpc) is 2.31. The first-order chi connectivity index (χ1) is 7.91. The molecule has 0 rings (SSSR count). The maximum absolute atomic E-state index is 2.29. The van der Waals surface area contributed by atoms with Crippen LogP contribution >= 0.6 is 11.8 Å². The molecule has 0 nitrogen and oxygen atoms in total. The number of hydrogen-bond acceptors (Lipinski definition) is 1. The van der Waals surface area contributed by atoms with Gasteiger partial charge in [-0.1, -0.05) is 78.1 Å². The highest BCUT2D eigenvalue weighted by Gasteiger charge is 1.92. The lowest BCUT2D eigenvalue weighted by Gasteiger charge is -2.02. The van der Waals surface area contributed by atoms with E-state index in [4.69, 9.17) is 0 Å². The molecule has 0 saturated carbocycles. The van der Waals surface area contributed by atoms with E-state index in [9.17, 15) is 0 Å². The summed E-state index contributed by atoms with van der Waals surface area (Å²) in [6.07, 6.45) is 15.9. The Bertz CT molecular complexity index is 98.0. The molecule has 0 amide bonds. The van der Waals surface area contributed by atoms with Gasteiger partial charge in [0.05, 0.1) is 0 Å². The molecule has 0 aromatic carbocycles. The Hall–Kier alpha value is 0.350. The molecule has 0 saturated heterocycles. The van der Waals surface area contributed by atoms with Crippen molar-refractivity contribution in [3.63, 3.8) is 0 Å². The van der Waals surface area contributed by atoms with Crippen LogP contribution in [0.15, 0.2) is 0 Å². The van der Waals surface area contributed by atoms with Crippen LogP contribution in [0.25, 0.3) is 0 Å².